The minimum Gasteiger partial charge on any atom is -0.491 e. The lowest BCUT2D eigenvalue weighted by Gasteiger charge is -2.18. The van der Waals surface area contributed by atoms with Crippen LogP contribution >= 0.6 is 0 Å². The number of para-hydroxylation sites is 1. The van der Waals surface area contributed by atoms with Crippen LogP contribution < -0.4 is 19.5 Å². The summed E-state index contributed by atoms with van der Waals surface area (Å²) in [4.78, 5) is 12.0. The maximum atomic E-state index is 12.0. The minimum absolute atomic E-state index is 0.0169. The van der Waals surface area contributed by atoms with Crippen molar-refractivity contribution in [2.24, 2.45) is 0 Å². The van der Waals surface area contributed by atoms with E-state index in [0.717, 1.165) is 28.4 Å². The van der Waals surface area contributed by atoms with Crippen molar-refractivity contribution in [1.29, 1.82) is 0 Å². The fourth-order valence-corrected chi connectivity index (χ4v) is 2.66. The lowest BCUT2D eigenvalue weighted by molar-refractivity contribution is -0.121. The van der Waals surface area contributed by atoms with Crippen molar-refractivity contribution in [2.75, 3.05) is 26.4 Å². The van der Waals surface area contributed by atoms with E-state index >= 15 is 0 Å². The minimum atomic E-state index is 0.0169. The largest absolute Gasteiger partial charge is 0.491 e. The summed E-state index contributed by atoms with van der Waals surface area (Å²) >= 11 is 0. The van der Waals surface area contributed by atoms with Gasteiger partial charge in [0.15, 0.2) is 11.5 Å². The summed E-state index contributed by atoms with van der Waals surface area (Å²) in [6, 6.07) is 13.7. The van der Waals surface area contributed by atoms with E-state index in [1.807, 2.05) is 49.4 Å². The molecule has 5 heteroatoms. The van der Waals surface area contributed by atoms with Gasteiger partial charge in [0.1, 0.15) is 25.6 Å². The smallest absolute Gasteiger partial charge is 0.220 e. The molecule has 0 saturated heterocycles. The Morgan fingerprint density at radius 3 is 2.76 bits per heavy atom. The summed E-state index contributed by atoms with van der Waals surface area (Å²) in [6.07, 6.45) is 1.10. The van der Waals surface area contributed by atoms with Gasteiger partial charge in [-0.05, 0) is 42.7 Å². The van der Waals surface area contributed by atoms with Gasteiger partial charge in [0.25, 0.3) is 0 Å². The maximum absolute atomic E-state index is 12.0. The Morgan fingerprint density at radius 2 is 1.92 bits per heavy atom. The second-order valence-electron chi connectivity index (χ2n) is 5.94. The Labute approximate surface area is 147 Å². The van der Waals surface area contributed by atoms with Crippen LogP contribution in [-0.4, -0.2) is 32.3 Å². The third kappa shape index (κ3) is 4.89. The molecule has 132 valence electrons. The van der Waals surface area contributed by atoms with Crippen LogP contribution in [0, 0.1) is 6.92 Å². The van der Waals surface area contributed by atoms with Crippen LogP contribution in [0.4, 0.5) is 0 Å². The Balaban J connectivity index is 1.37. The lowest BCUT2D eigenvalue weighted by atomic mass is 10.1. The van der Waals surface area contributed by atoms with E-state index in [1.54, 1.807) is 0 Å². The molecule has 1 N–H and O–H groups in total. The molecule has 1 heterocycles. The normalized spacial score (nSPS) is 12.5. The molecule has 0 aliphatic carbocycles. The zero-order valence-electron chi connectivity index (χ0n) is 14.4. The molecule has 2 aromatic rings. The molecule has 1 amide bonds. The summed E-state index contributed by atoms with van der Waals surface area (Å²) < 4.78 is 16.7. The molecule has 0 aromatic heterocycles. The van der Waals surface area contributed by atoms with Crippen molar-refractivity contribution in [3.8, 4) is 17.2 Å². The van der Waals surface area contributed by atoms with Crippen LogP contribution in [0.1, 0.15) is 17.5 Å². The molecule has 0 saturated carbocycles. The molecular formula is C20H23NO4. The van der Waals surface area contributed by atoms with Gasteiger partial charge in [-0.25, -0.2) is 0 Å². The number of carbonyl (C=O) groups is 1. The molecule has 3 rings (SSSR count). The van der Waals surface area contributed by atoms with E-state index in [2.05, 4.69) is 5.32 Å². The first-order valence-electron chi connectivity index (χ1n) is 8.56. The molecule has 25 heavy (non-hydrogen) atoms. The number of benzene rings is 2. The number of nitrogens with one attached hydrogen (secondary N) is 1. The van der Waals surface area contributed by atoms with Crippen molar-refractivity contribution in [3.05, 3.63) is 53.6 Å². The SMILES string of the molecule is Cc1ccccc1OCCNC(=O)CCc1ccc2c(c1)OCCO2. The average Bonchev–Trinajstić information content (AvgIpc) is 2.64. The molecule has 5 nitrogen and oxygen atoms in total. The van der Waals surface area contributed by atoms with Gasteiger partial charge < -0.3 is 19.5 Å². The Hall–Kier alpha value is -2.69. The zero-order chi connectivity index (χ0) is 17.5. The van der Waals surface area contributed by atoms with E-state index in [-0.39, 0.29) is 5.91 Å². The number of hydrogen-bond acceptors (Lipinski definition) is 4. The monoisotopic (exact) mass is 341 g/mol. The van der Waals surface area contributed by atoms with Crippen molar-refractivity contribution in [1.82, 2.24) is 5.32 Å². The van der Waals surface area contributed by atoms with Crippen LogP contribution in [0.5, 0.6) is 17.2 Å². The predicted molar refractivity (Wildman–Crippen MR) is 95.4 cm³/mol. The number of aryl methyl sites for hydroxylation is 2. The molecule has 1 aliphatic heterocycles. The molecule has 1 aliphatic rings. The number of ether oxygens (including phenoxy) is 3. The number of fused-ring (bicyclic) bond motifs is 1. The zero-order valence-corrected chi connectivity index (χ0v) is 14.4. The first-order valence-corrected chi connectivity index (χ1v) is 8.56. The summed E-state index contributed by atoms with van der Waals surface area (Å²) in [5.41, 5.74) is 2.16. The van der Waals surface area contributed by atoms with E-state index in [1.165, 1.54) is 0 Å². The highest BCUT2D eigenvalue weighted by molar-refractivity contribution is 5.76. The van der Waals surface area contributed by atoms with E-state index < -0.39 is 0 Å². The molecule has 0 unspecified atom stereocenters. The van der Waals surface area contributed by atoms with E-state index in [0.29, 0.717) is 39.2 Å². The number of hydrogen-bond donors (Lipinski definition) is 1. The summed E-state index contributed by atoms with van der Waals surface area (Å²) in [7, 11) is 0. The van der Waals surface area contributed by atoms with Crippen LogP contribution in [0.15, 0.2) is 42.5 Å². The molecule has 0 fully saturated rings. The van der Waals surface area contributed by atoms with Gasteiger partial charge in [-0.1, -0.05) is 24.3 Å². The molecular weight excluding hydrogens is 318 g/mol. The van der Waals surface area contributed by atoms with Crippen molar-refractivity contribution in [2.45, 2.75) is 19.8 Å². The third-order valence-electron chi connectivity index (χ3n) is 4.02. The van der Waals surface area contributed by atoms with Gasteiger partial charge in [0, 0.05) is 6.42 Å². The molecule has 2 aromatic carbocycles. The Morgan fingerprint density at radius 1 is 1.12 bits per heavy atom. The fourth-order valence-electron chi connectivity index (χ4n) is 2.66. The number of carbonyl (C=O) groups excluding carboxylic acids is 1. The van der Waals surface area contributed by atoms with Crippen LogP contribution in [0.3, 0.4) is 0 Å². The molecule has 0 radical (unpaired) electrons. The van der Waals surface area contributed by atoms with Gasteiger partial charge in [-0.3, -0.25) is 4.79 Å². The topological polar surface area (TPSA) is 56.8 Å². The summed E-state index contributed by atoms with van der Waals surface area (Å²) in [5, 5.41) is 2.89. The Bertz CT molecular complexity index is 729. The second kappa shape index (κ2) is 8.42. The first-order chi connectivity index (χ1) is 12.2. The van der Waals surface area contributed by atoms with Gasteiger partial charge in [-0.2, -0.15) is 0 Å². The molecule has 0 spiro atoms. The van der Waals surface area contributed by atoms with Gasteiger partial charge >= 0.3 is 0 Å². The van der Waals surface area contributed by atoms with E-state index in [9.17, 15) is 4.79 Å². The summed E-state index contributed by atoms with van der Waals surface area (Å²) in [5.74, 6) is 2.40. The second-order valence-corrected chi connectivity index (χ2v) is 5.94. The highest BCUT2D eigenvalue weighted by atomic mass is 16.6. The fraction of sp³-hybridized carbons (Fsp3) is 0.350. The van der Waals surface area contributed by atoms with Gasteiger partial charge in [0.2, 0.25) is 5.91 Å². The standard InChI is InChI=1S/C20H23NO4/c1-15-4-2-3-5-17(15)23-11-10-21-20(22)9-7-16-6-8-18-19(14-16)25-13-12-24-18/h2-6,8,14H,7,9-13H2,1H3,(H,21,22). The third-order valence-corrected chi connectivity index (χ3v) is 4.02. The van der Waals surface area contributed by atoms with Gasteiger partial charge in [0.05, 0.1) is 6.54 Å². The lowest BCUT2D eigenvalue weighted by Crippen LogP contribution is -2.28. The first kappa shape index (κ1) is 17.1. The summed E-state index contributed by atoms with van der Waals surface area (Å²) in [6.45, 7) is 4.10. The van der Waals surface area contributed by atoms with Crippen LogP contribution in [0.25, 0.3) is 0 Å². The average molecular weight is 341 g/mol. The van der Waals surface area contributed by atoms with Gasteiger partial charge in [-0.15, -0.1) is 0 Å². The van der Waals surface area contributed by atoms with E-state index in [4.69, 9.17) is 14.2 Å². The number of amides is 1. The molecule has 0 bridgehead atoms. The highest BCUT2D eigenvalue weighted by Crippen LogP contribution is 2.31. The quantitative estimate of drug-likeness (QED) is 0.787. The molecule has 0 atom stereocenters. The Kier molecular flexibility index (Phi) is 5.77. The van der Waals surface area contributed by atoms with Crippen LogP contribution in [-0.2, 0) is 11.2 Å². The number of rotatable bonds is 7. The maximum Gasteiger partial charge on any atom is 0.220 e. The van der Waals surface area contributed by atoms with Crippen molar-refractivity contribution in [3.63, 3.8) is 0 Å². The van der Waals surface area contributed by atoms with Crippen molar-refractivity contribution >= 4 is 5.91 Å². The highest BCUT2D eigenvalue weighted by Gasteiger charge is 2.12. The van der Waals surface area contributed by atoms with Crippen LogP contribution in [0.2, 0.25) is 0 Å². The van der Waals surface area contributed by atoms with Crippen molar-refractivity contribution < 1.29 is 19.0 Å². The predicted octanol–water partition coefficient (Wildman–Crippen LogP) is 2.89.